The quantitative estimate of drug-likeness (QED) is 0.515. The average Bonchev–Trinajstić information content (AvgIpc) is 2.95. The molecule has 0 saturated heterocycles. The summed E-state index contributed by atoms with van der Waals surface area (Å²) in [6.07, 6.45) is 1.10. The highest BCUT2D eigenvalue weighted by Gasteiger charge is 2.15. The standard InChI is InChI=1S/C13H10.C7H9N/c1-3-7-12-10(5-1)9-11-6-2-4-8-13(11)12;1-8-7-5-3-2-4-6-7/h1-8H,9H2;2-6,8H,1H3. The van der Waals surface area contributed by atoms with Gasteiger partial charge < -0.3 is 5.32 Å². The zero-order valence-corrected chi connectivity index (χ0v) is 12.2. The predicted molar refractivity (Wildman–Crippen MR) is 90.7 cm³/mol. The first-order chi connectivity index (χ1) is 10.4. The number of hydrogen-bond donors (Lipinski definition) is 1. The average molecular weight is 273 g/mol. The molecule has 0 aromatic heterocycles. The molecule has 21 heavy (non-hydrogen) atoms. The lowest BCUT2D eigenvalue weighted by molar-refractivity contribution is 1.26. The van der Waals surface area contributed by atoms with Gasteiger partial charge in [0.2, 0.25) is 0 Å². The minimum Gasteiger partial charge on any atom is -0.388 e. The topological polar surface area (TPSA) is 12.0 Å². The Bertz CT molecular complexity index is 673. The maximum absolute atomic E-state index is 3.03. The first-order valence-electron chi connectivity index (χ1n) is 7.27. The first kappa shape index (κ1) is 13.4. The van der Waals surface area contributed by atoms with Crippen molar-refractivity contribution in [1.82, 2.24) is 0 Å². The summed E-state index contributed by atoms with van der Waals surface area (Å²) in [4.78, 5) is 0. The molecule has 0 saturated carbocycles. The van der Waals surface area contributed by atoms with Gasteiger partial charge in [0.1, 0.15) is 0 Å². The summed E-state index contributed by atoms with van der Waals surface area (Å²) in [6.45, 7) is 0. The van der Waals surface area contributed by atoms with Gasteiger partial charge in [-0.1, -0.05) is 66.7 Å². The van der Waals surface area contributed by atoms with E-state index in [4.69, 9.17) is 0 Å². The fourth-order valence-electron chi connectivity index (χ4n) is 2.68. The van der Waals surface area contributed by atoms with E-state index in [0.717, 1.165) is 12.1 Å². The van der Waals surface area contributed by atoms with Crippen LogP contribution in [-0.2, 0) is 6.42 Å². The van der Waals surface area contributed by atoms with Gasteiger partial charge in [0.15, 0.2) is 0 Å². The van der Waals surface area contributed by atoms with E-state index in [1.165, 1.54) is 22.3 Å². The van der Waals surface area contributed by atoms with Gasteiger partial charge in [0.05, 0.1) is 0 Å². The Morgan fingerprint density at radius 2 is 1.10 bits per heavy atom. The molecule has 0 heterocycles. The van der Waals surface area contributed by atoms with Crippen LogP contribution in [-0.4, -0.2) is 7.05 Å². The Balaban J connectivity index is 0.000000143. The summed E-state index contributed by atoms with van der Waals surface area (Å²) in [5, 5.41) is 3.03. The van der Waals surface area contributed by atoms with Crippen LogP contribution in [0.1, 0.15) is 11.1 Å². The first-order valence-corrected chi connectivity index (χ1v) is 7.27. The van der Waals surface area contributed by atoms with E-state index in [1.807, 2.05) is 37.4 Å². The molecule has 0 aliphatic heterocycles. The highest BCUT2D eigenvalue weighted by molar-refractivity contribution is 5.76. The molecule has 0 radical (unpaired) electrons. The van der Waals surface area contributed by atoms with Crippen molar-refractivity contribution in [1.29, 1.82) is 0 Å². The monoisotopic (exact) mass is 273 g/mol. The second kappa shape index (κ2) is 6.27. The van der Waals surface area contributed by atoms with Crippen LogP contribution in [0.4, 0.5) is 5.69 Å². The number of para-hydroxylation sites is 1. The van der Waals surface area contributed by atoms with Gasteiger partial charge in [0.25, 0.3) is 0 Å². The maximum atomic E-state index is 3.03. The van der Waals surface area contributed by atoms with Crippen molar-refractivity contribution in [3.63, 3.8) is 0 Å². The van der Waals surface area contributed by atoms with Crippen LogP contribution in [0.25, 0.3) is 11.1 Å². The molecule has 1 aliphatic carbocycles. The molecule has 0 spiro atoms. The second-order valence-electron chi connectivity index (χ2n) is 5.11. The van der Waals surface area contributed by atoms with Crippen LogP contribution >= 0.6 is 0 Å². The minimum atomic E-state index is 1.10. The third kappa shape index (κ3) is 2.97. The SMILES string of the molecule is CNc1ccccc1.c1ccc2c(c1)Cc1ccccc1-2. The van der Waals surface area contributed by atoms with Crippen LogP contribution < -0.4 is 5.32 Å². The number of fused-ring (bicyclic) bond motifs is 3. The molecule has 0 amide bonds. The maximum Gasteiger partial charge on any atom is 0.0337 e. The Morgan fingerprint density at radius 1 is 0.619 bits per heavy atom. The smallest absolute Gasteiger partial charge is 0.0337 e. The number of benzene rings is 3. The van der Waals surface area contributed by atoms with Crippen LogP contribution in [0.5, 0.6) is 0 Å². The molecule has 0 unspecified atom stereocenters. The molecule has 1 aliphatic rings. The van der Waals surface area contributed by atoms with E-state index in [-0.39, 0.29) is 0 Å². The summed E-state index contributed by atoms with van der Waals surface area (Å²) < 4.78 is 0. The van der Waals surface area contributed by atoms with E-state index >= 15 is 0 Å². The molecule has 4 rings (SSSR count). The van der Waals surface area contributed by atoms with E-state index in [0.29, 0.717) is 0 Å². The lowest BCUT2D eigenvalue weighted by Crippen LogP contribution is -1.84. The van der Waals surface area contributed by atoms with Crippen molar-refractivity contribution in [2.24, 2.45) is 0 Å². The third-order valence-corrected chi connectivity index (χ3v) is 3.77. The van der Waals surface area contributed by atoms with Crippen molar-refractivity contribution in [3.8, 4) is 11.1 Å². The predicted octanol–water partition coefficient (Wildman–Crippen LogP) is 4.99. The minimum absolute atomic E-state index is 1.10. The molecule has 3 aromatic carbocycles. The molecule has 1 N–H and O–H groups in total. The fraction of sp³-hybridized carbons (Fsp3) is 0.100. The zero-order valence-electron chi connectivity index (χ0n) is 12.2. The molecule has 1 nitrogen and oxygen atoms in total. The van der Waals surface area contributed by atoms with E-state index in [1.54, 1.807) is 0 Å². The summed E-state index contributed by atoms with van der Waals surface area (Å²) in [5.74, 6) is 0. The lowest BCUT2D eigenvalue weighted by atomic mass is 10.1. The number of nitrogens with one attached hydrogen (secondary N) is 1. The fourth-order valence-corrected chi connectivity index (χ4v) is 2.68. The van der Waals surface area contributed by atoms with Crippen LogP contribution in [0, 0.1) is 0 Å². The Kier molecular flexibility index (Phi) is 4.02. The molecular formula is C20H19N. The van der Waals surface area contributed by atoms with Crippen LogP contribution in [0.15, 0.2) is 78.9 Å². The van der Waals surface area contributed by atoms with E-state index in [2.05, 4.69) is 53.8 Å². The molecule has 1 heteroatoms. The van der Waals surface area contributed by atoms with Crippen LogP contribution in [0.2, 0.25) is 0 Å². The zero-order chi connectivity index (χ0) is 14.5. The number of rotatable bonds is 1. The van der Waals surface area contributed by atoms with Gasteiger partial charge in [-0.2, -0.15) is 0 Å². The largest absolute Gasteiger partial charge is 0.388 e. The molecule has 0 fully saturated rings. The Hall–Kier alpha value is -2.54. The van der Waals surface area contributed by atoms with Gasteiger partial charge in [-0.05, 0) is 40.8 Å². The lowest BCUT2D eigenvalue weighted by Gasteiger charge is -1.98. The Labute approximate surface area is 126 Å². The normalized spacial score (nSPS) is 10.9. The molecule has 3 aromatic rings. The molecule has 0 bridgehead atoms. The summed E-state index contributed by atoms with van der Waals surface area (Å²) >= 11 is 0. The van der Waals surface area contributed by atoms with Gasteiger partial charge in [-0.25, -0.2) is 0 Å². The van der Waals surface area contributed by atoms with Gasteiger partial charge in [0, 0.05) is 12.7 Å². The summed E-state index contributed by atoms with van der Waals surface area (Å²) in [7, 11) is 1.91. The van der Waals surface area contributed by atoms with Crippen molar-refractivity contribution in [3.05, 3.63) is 90.0 Å². The highest BCUT2D eigenvalue weighted by atomic mass is 14.8. The van der Waals surface area contributed by atoms with Crippen molar-refractivity contribution >= 4 is 5.69 Å². The summed E-state index contributed by atoms with van der Waals surface area (Å²) in [5.41, 5.74) is 6.91. The summed E-state index contributed by atoms with van der Waals surface area (Å²) in [6, 6.07) is 27.4. The van der Waals surface area contributed by atoms with Gasteiger partial charge >= 0.3 is 0 Å². The Morgan fingerprint density at radius 3 is 1.57 bits per heavy atom. The third-order valence-electron chi connectivity index (χ3n) is 3.77. The van der Waals surface area contributed by atoms with Gasteiger partial charge in [-0.3, -0.25) is 0 Å². The molecule has 104 valence electrons. The highest BCUT2D eigenvalue weighted by Crippen LogP contribution is 2.35. The second-order valence-corrected chi connectivity index (χ2v) is 5.11. The van der Waals surface area contributed by atoms with Crippen molar-refractivity contribution in [2.75, 3.05) is 12.4 Å². The number of hydrogen-bond acceptors (Lipinski definition) is 1. The van der Waals surface area contributed by atoms with E-state index in [9.17, 15) is 0 Å². The van der Waals surface area contributed by atoms with Gasteiger partial charge in [-0.15, -0.1) is 0 Å². The molecular weight excluding hydrogens is 254 g/mol. The van der Waals surface area contributed by atoms with E-state index < -0.39 is 0 Å². The van der Waals surface area contributed by atoms with Crippen LogP contribution in [0.3, 0.4) is 0 Å². The van der Waals surface area contributed by atoms with Crippen molar-refractivity contribution in [2.45, 2.75) is 6.42 Å². The number of anilines is 1. The molecule has 0 atom stereocenters. The van der Waals surface area contributed by atoms with Crippen molar-refractivity contribution < 1.29 is 0 Å².